The molecule has 1 aromatic rings. The first-order chi connectivity index (χ1) is 12.3. The van der Waals surface area contributed by atoms with Crippen LogP contribution in [-0.2, 0) is 27.2 Å². The third-order valence-electron chi connectivity index (χ3n) is 3.29. The second-order valence-corrected chi connectivity index (χ2v) is 9.68. The van der Waals surface area contributed by atoms with Gasteiger partial charge in [-0.25, -0.2) is 4.79 Å². The molecule has 1 rings (SSSR count). The molecule has 0 spiro atoms. The molecule has 0 aliphatic heterocycles. The summed E-state index contributed by atoms with van der Waals surface area (Å²) in [6, 6.07) is 5.50. The van der Waals surface area contributed by atoms with E-state index in [1.54, 1.807) is 27.7 Å². The highest BCUT2D eigenvalue weighted by atomic mass is 31.2. The van der Waals surface area contributed by atoms with Gasteiger partial charge in [0, 0.05) is 0 Å². The molecule has 0 fully saturated rings. The minimum absolute atomic E-state index is 0.0396. The molecule has 26 heavy (non-hydrogen) atoms. The molecule has 0 saturated heterocycles. The molecule has 0 aliphatic carbocycles. The van der Waals surface area contributed by atoms with Crippen LogP contribution in [0.4, 0.5) is 0 Å². The van der Waals surface area contributed by atoms with Crippen LogP contribution in [0.2, 0.25) is 0 Å². The van der Waals surface area contributed by atoms with E-state index in [2.05, 4.69) is 0 Å². The van der Waals surface area contributed by atoms with Gasteiger partial charge in [-0.2, -0.15) is 0 Å². The van der Waals surface area contributed by atoms with Gasteiger partial charge in [0.05, 0.1) is 32.0 Å². The van der Waals surface area contributed by atoms with Gasteiger partial charge in [0.2, 0.25) is 0 Å². The number of hydrogen-bond acceptors (Lipinski definition) is 7. The number of aromatic carboxylic acids is 1. The summed E-state index contributed by atoms with van der Waals surface area (Å²) in [6.07, 6.45) is 0. The molecule has 0 atom stereocenters. The molecule has 0 aliphatic rings. The topological polar surface area (TPSA) is 108 Å². The average molecular weight is 408 g/mol. The Kier molecular flexibility index (Phi) is 9.17. The van der Waals surface area contributed by atoms with E-state index in [0.717, 1.165) is 0 Å². The van der Waals surface area contributed by atoms with Crippen LogP contribution in [0.25, 0.3) is 0 Å². The fourth-order valence-corrected chi connectivity index (χ4v) is 7.83. The number of rotatable bonds is 12. The van der Waals surface area contributed by atoms with E-state index in [4.69, 9.17) is 23.2 Å². The van der Waals surface area contributed by atoms with Gasteiger partial charge in [0.1, 0.15) is 0 Å². The lowest BCUT2D eigenvalue weighted by Crippen LogP contribution is -2.12. The zero-order chi connectivity index (χ0) is 19.8. The predicted octanol–water partition coefficient (Wildman–Crippen LogP) is 4.92. The zero-order valence-corrected chi connectivity index (χ0v) is 17.2. The summed E-state index contributed by atoms with van der Waals surface area (Å²) >= 11 is 0. The van der Waals surface area contributed by atoms with Crippen LogP contribution in [0.15, 0.2) is 24.3 Å². The molecule has 0 unspecified atom stereocenters. The van der Waals surface area contributed by atoms with E-state index >= 15 is 0 Å². The van der Waals surface area contributed by atoms with Gasteiger partial charge in [0.15, 0.2) is 5.40 Å². The van der Waals surface area contributed by atoms with Crippen molar-refractivity contribution in [1.82, 2.24) is 0 Å². The normalized spacial score (nSPS) is 12.5. The lowest BCUT2D eigenvalue weighted by molar-refractivity contribution is 0.0697. The predicted molar refractivity (Wildman–Crippen MR) is 97.9 cm³/mol. The minimum atomic E-state index is -3.93. The SMILES string of the molecule is CCOP(=O)(OCC)C(c1ccc(C(=O)O)cc1)P(=O)(OCC)OCC. The first kappa shape index (κ1) is 23.0. The van der Waals surface area contributed by atoms with E-state index < -0.39 is 26.6 Å². The molecule has 1 N–H and O–H groups in total. The van der Waals surface area contributed by atoms with Gasteiger partial charge >= 0.3 is 21.2 Å². The van der Waals surface area contributed by atoms with Crippen molar-refractivity contribution in [3.05, 3.63) is 35.4 Å². The first-order valence-corrected chi connectivity index (χ1v) is 11.6. The fraction of sp³-hybridized carbons (Fsp3) is 0.562. The van der Waals surface area contributed by atoms with Crippen molar-refractivity contribution in [3.8, 4) is 0 Å². The van der Waals surface area contributed by atoms with Gasteiger partial charge in [-0.15, -0.1) is 0 Å². The van der Waals surface area contributed by atoms with Crippen molar-refractivity contribution in [3.63, 3.8) is 0 Å². The van der Waals surface area contributed by atoms with E-state index in [9.17, 15) is 13.9 Å². The van der Waals surface area contributed by atoms with Gasteiger partial charge in [0.25, 0.3) is 0 Å². The van der Waals surface area contributed by atoms with Crippen molar-refractivity contribution in [2.45, 2.75) is 33.1 Å². The third kappa shape index (κ3) is 5.49. The molecule has 148 valence electrons. The highest BCUT2D eigenvalue weighted by Crippen LogP contribution is 2.78. The van der Waals surface area contributed by atoms with Gasteiger partial charge < -0.3 is 23.2 Å². The van der Waals surface area contributed by atoms with Crippen LogP contribution >= 0.6 is 15.2 Å². The Labute approximate surface area is 153 Å². The standard InChI is InChI=1S/C16H26O8P2/c1-5-21-25(19,22-6-2)16(26(20,23-7-3)24-8-4)14-11-9-13(10-12-14)15(17)18/h9-12,16H,5-8H2,1-4H3,(H,17,18). The molecule has 1 aromatic carbocycles. The molecule has 0 saturated carbocycles. The maximum absolute atomic E-state index is 13.4. The average Bonchev–Trinajstić information content (AvgIpc) is 2.56. The quantitative estimate of drug-likeness (QED) is 0.486. The van der Waals surface area contributed by atoms with Crippen LogP contribution in [0.3, 0.4) is 0 Å². The summed E-state index contributed by atoms with van der Waals surface area (Å²) < 4.78 is 48.4. The Balaban J connectivity index is 3.56. The molecule has 0 aromatic heterocycles. The van der Waals surface area contributed by atoms with Crippen LogP contribution in [0, 0.1) is 0 Å². The molecule has 0 amide bonds. The monoisotopic (exact) mass is 408 g/mol. The molecule has 8 nitrogen and oxygen atoms in total. The fourth-order valence-electron chi connectivity index (χ4n) is 2.41. The van der Waals surface area contributed by atoms with Gasteiger partial charge in [-0.3, -0.25) is 9.13 Å². The lowest BCUT2D eigenvalue weighted by Gasteiger charge is -2.31. The van der Waals surface area contributed by atoms with Crippen LogP contribution in [-0.4, -0.2) is 37.5 Å². The molecule has 0 radical (unpaired) electrons. The Hall–Kier alpha value is -1.01. The summed E-state index contributed by atoms with van der Waals surface area (Å²) in [6.45, 7) is 6.84. The van der Waals surface area contributed by atoms with Crippen molar-refractivity contribution in [1.29, 1.82) is 0 Å². The van der Waals surface area contributed by atoms with Crippen LogP contribution < -0.4 is 0 Å². The van der Waals surface area contributed by atoms with Crippen molar-refractivity contribution >= 4 is 21.2 Å². The molecule has 10 heteroatoms. The number of carboxylic acids is 1. The minimum Gasteiger partial charge on any atom is -0.478 e. The zero-order valence-electron chi connectivity index (χ0n) is 15.4. The number of benzene rings is 1. The van der Waals surface area contributed by atoms with E-state index in [-0.39, 0.29) is 32.0 Å². The lowest BCUT2D eigenvalue weighted by atomic mass is 10.1. The van der Waals surface area contributed by atoms with Crippen LogP contribution in [0.1, 0.15) is 49.0 Å². The third-order valence-corrected chi connectivity index (χ3v) is 9.25. The highest BCUT2D eigenvalue weighted by molar-refractivity contribution is 7.72. The Bertz CT molecular complexity index is 623. The van der Waals surface area contributed by atoms with Gasteiger partial charge in [-0.1, -0.05) is 12.1 Å². The van der Waals surface area contributed by atoms with Crippen molar-refractivity contribution < 1.29 is 37.1 Å². The van der Waals surface area contributed by atoms with E-state index in [1.807, 2.05) is 0 Å². The Morgan fingerprint density at radius 1 is 0.846 bits per heavy atom. The second-order valence-electron chi connectivity index (χ2n) is 5.05. The summed E-state index contributed by atoms with van der Waals surface area (Å²) in [5.74, 6) is -1.11. The van der Waals surface area contributed by atoms with Crippen molar-refractivity contribution in [2.75, 3.05) is 26.4 Å². The molecule has 0 bridgehead atoms. The smallest absolute Gasteiger partial charge is 0.350 e. The van der Waals surface area contributed by atoms with E-state index in [1.165, 1.54) is 24.3 Å². The van der Waals surface area contributed by atoms with E-state index in [0.29, 0.717) is 5.56 Å². The van der Waals surface area contributed by atoms with Crippen molar-refractivity contribution in [2.24, 2.45) is 0 Å². The number of carbonyl (C=O) groups is 1. The molecule has 0 heterocycles. The summed E-state index contributed by atoms with van der Waals surface area (Å²) in [5, 5.41) is 7.74. The summed E-state index contributed by atoms with van der Waals surface area (Å²) in [4.78, 5) is 11.1. The maximum atomic E-state index is 13.4. The Morgan fingerprint density at radius 2 is 1.19 bits per heavy atom. The molecular formula is C16H26O8P2. The van der Waals surface area contributed by atoms with Gasteiger partial charge in [-0.05, 0) is 45.4 Å². The Morgan fingerprint density at radius 3 is 1.46 bits per heavy atom. The second kappa shape index (κ2) is 10.4. The molecular weight excluding hydrogens is 382 g/mol. The highest BCUT2D eigenvalue weighted by Gasteiger charge is 2.51. The van der Waals surface area contributed by atoms with Crippen LogP contribution in [0.5, 0.6) is 0 Å². The summed E-state index contributed by atoms with van der Waals surface area (Å²) in [5.41, 5.74) is 0.336. The summed E-state index contributed by atoms with van der Waals surface area (Å²) in [7, 11) is -7.86. The first-order valence-electron chi connectivity index (χ1n) is 8.38. The largest absolute Gasteiger partial charge is 0.478 e. The number of carboxylic acid groups (broad SMARTS) is 1. The number of hydrogen-bond donors (Lipinski definition) is 1. The maximum Gasteiger partial charge on any atom is 0.350 e.